The van der Waals surface area contributed by atoms with E-state index < -0.39 is 0 Å². The van der Waals surface area contributed by atoms with Gasteiger partial charge in [0.1, 0.15) is 5.78 Å². The molecule has 0 bridgehead atoms. The molecule has 0 spiro atoms. The summed E-state index contributed by atoms with van der Waals surface area (Å²) in [5.41, 5.74) is 0.247. The number of hydrogen-bond donors (Lipinski definition) is 1. The van der Waals surface area contributed by atoms with Crippen molar-refractivity contribution in [2.24, 2.45) is 34.5 Å². The number of Topliss-reactive ketones (excluding diaryl/α,β-unsaturated/α-hetero) is 1. The minimum atomic E-state index is -0.235. The van der Waals surface area contributed by atoms with Crippen LogP contribution in [-0.2, 0) is 4.79 Å². The van der Waals surface area contributed by atoms with Crippen LogP contribution in [0.5, 0.6) is 0 Å². The number of carbonyl (C=O) groups is 1. The van der Waals surface area contributed by atoms with E-state index >= 15 is 0 Å². The Kier molecular flexibility index (Phi) is 2.96. The summed E-state index contributed by atoms with van der Waals surface area (Å²) in [6.45, 7) is 4.68. The van der Waals surface area contributed by atoms with Gasteiger partial charge < -0.3 is 5.11 Å². The molecule has 0 amide bonds. The summed E-state index contributed by atoms with van der Waals surface area (Å²) < 4.78 is 0. The molecule has 4 aliphatic carbocycles. The average Bonchev–Trinajstić information content (AvgIpc) is 2.76. The van der Waals surface area contributed by atoms with E-state index in [0.29, 0.717) is 17.6 Å². The molecule has 3 unspecified atom stereocenters. The number of carbonyl (C=O) groups excluding carboxylic acids is 1. The molecule has 3 saturated carbocycles. The first-order valence-electron chi connectivity index (χ1n) is 8.86. The topological polar surface area (TPSA) is 37.3 Å². The van der Waals surface area contributed by atoms with E-state index in [4.69, 9.17) is 0 Å². The summed E-state index contributed by atoms with van der Waals surface area (Å²) in [5, 5.41) is 9.95. The molecule has 0 aromatic heterocycles. The molecule has 0 aromatic carbocycles. The number of allylic oxidation sites excluding steroid dienone is 1. The van der Waals surface area contributed by atoms with Crippen molar-refractivity contribution in [3.05, 3.63) is 12.2 Å². The Bertz CT molecular complexity index is 496. The lowest BCUT2D eigenvalue weighted by Crippen LogP contribution is -2.52. The number of rotatable bonds is 0. The monoisotopic (exact) mass is 288 g/mol. The first-order valence-corrected chi connectivity index (χ1v) is 8.86. The standard InChI is InChI=1S/C19H28O2/c1-18-9-7-13(20)11-12(18)3-4-14-15-5-6-17(21)19(15,2)10-8-16(14)18/h7,9,12-16,20H,3-6,8,10-11H2,1-2H3/t12-,13-,14?,15?,16?,18+,19+/m1/s1. The summed E-state index contributed by atoms with van der Waals surface area (Å²) in [7, 11) is 0. The van der Waals surface area contributed by atoms with Crippen LogP contribution in [0.15, 0.2) is 12.2 Å². The Hall–Kier alpha value is -0.630. The number of hydrogen-bond acceptors (Lipinski definition) is 2. The smallest absolute Gasteiger partial charge is 0.139 e. The lowest BCUT2D eigenvalue weighted by atomic mass is 9.46. The molecule has 116 valence electrons. The van der Waals surface area contributed by atoms with Crippen LogP contribution >= 0.6 is 0 Å². The minimum Gasteiger partial charge on any atom is -0.389 e. The third-order valence-electron chi connectivity index (χ3n) is 7.88. The van der Waals surface area contributed by atoms with Gasteiger partial charge in [-0.25, -0.2) is 0 Å². The van der Waals surface area contributed by atoms with Gasteiger partial charge in [-0.2, -0.15) is 0 Å². The molecular formula is C19H28O2. The zero-order valence-electron chi connectivity index (χ0n) is 13.3. The maximum absolute atomic E-state index is 12.4. The molecule has 2 nitrogen and oxygen atoms in total. The number of aliphatic hydroxyl groups is 1. The van der Waals surface area contributed by atoms with Gasteiger partial charge in [0.15, 0.2) is 0 Å². The highest BCUT2D eigenvalue weighted by atomic mass is 16.3. The highest BCUT2D eigenvalue weighted by Gasteiger charge is 2.59. The van der Waals surface area contributed by atoms with E-state index in [1.165, 1.54) is 19.3 Å². The molecule has 0 radical (unpaired) electrons. The Morgan fingerprint density at radius 2 is 1.95 bits per heavy atom. The predicted molar refractivity (Wildman–Crippen MR) is 82.6 cm³/mol. The van der Waals surface area contributed by atoms with Crippen molar-refractivity contribution in [3.8, 4) is 0 Å². The molecule has 2 heteroatoms. The van der Waals surface area contributed by atoms with E-state index in [0.717, 1.165) is 37.5 Å². The number of fused-ring (bicyclic) bond motifs is 5. The summed E-state index contributed by atoms with van der Waals surface area (Å²) in [6.07, 6.45) is 11.8. The Morgan fingerprint density at radius 1 is 1.14 bits per heavy atom. The van der Waals surface area contributed by atoms with Crippen LogP contribution in [0.3, 0.4) is 0 Å². The van der Waals surface area contributed by atoms with Gasteiger partial charge in [-0.15, -0.1) is 0 Å². The van der Waals surface area contributed by atoms with Crippen molar-refractivity contribution in [3.63, 3.8) is 0 Å². The van der Waals surface area contributed by atoms with Crippen molar-refractivity contribution in [2.75, 3.05) is 0 Å². The summed E-state index contributed by atoms with van der Waals surface area (Å²) in [6, 6.07) is 0. The van der Waals surface area contributed by atoms with Crippen LogP contribution in [0.4, 0.5) is 0 Å². The molecule has 4 aliphatic rings. The van der Waals surface area contributed by atoms with E-state index in [1.807, 2.05) is 6.08 Å². The van der Waals surface area contributed by atoms with Gasteiger partial charge in [0.25, 0.3) is 0 Å². The number of ketones is 1. The lowest BCUT2D eigenvalue weighted by molar-refractivity contribution is -0.134. The predicted octanol–water partition coefficient (Wildman–Crippen LogP) is 3.74. The molecule has 7 atom stereocenters. The van der Waals surface area contributed by atoms with Crippen LogP contribution in [0.2, 0.25) is 0 Å². The molecular weight excluding hydrogens is 260 g/mol. The largest absolute Gasteiger partial charge is 0.389 e. The number of aliphatic hydroxyl groups excluding tert-OH is 1. The fraction of sp³-hybridized carbons (Fsp3) is 0.842. The van der Waals surface area contributed by atoms with Crippen molar-refractivity contribution in [1.29, 1.82) is 0 Å². The van der Waals surface area contributed by atoms with Crippen molar-refractivity contribution in [1.82, 2.24) is 0 Å². The van der Waals surface area contributed by atoms with Gasteiger partial charge in [-0.1, -0.05) is 26.0 Å². The zero-order valence-corrected chi connectivity index (χ0v) is 13.3. The van der Waals surface area contributed by atoms with Crippen LogP contribution in [-0.4, -0.2) is 17.0 Å². The van der Waals surface area contributed by atoms with Crippen LogP contribution in [0.25, 0.3) is 0 Å². The average molecular weight is 288 g/mol. The SMILES string of the molecule is C[C@]12CCC3C(CC[C@@H]4C[C@H](O)C=C[C@]34C)C1CCC2=O. The van der Waals surface area contributed by atoms with E-state index in [-0.39, 0.29) is 16.9 Å². The van der Waals surface area contributed by atoms with Gasteiger partial charge in [0, 0.05) is 11.8 Å². The normalized spacial score (nSPS) is 55.8. The van der Waals surface area contributed by atoms with Gasteiger partial charge >= 0.3 is 0 Å². The first-order chi connectivity index (χ1) is 9.95. The van der Waals surface area contributed by atoms with Gasteiger partial charge in [0.05, 0.1) is 6.10 Å². The van der Waals surface area contributed by atoms with Crippen LogP contribution in [0, 0.1) is 34.5 Å². The van der Waals surface area contributed by atoms with Gasteiger partial charge in [-0.3, -0.25) is 4.79 Å². The summed E-state index contributed by atoms with van der Waals surface area (Å²) in [5.74, 6) is 3.26. The quantitative estimate of drug-likeness (QED) is 0.690. The van der Waals surface area contributed by atoms with Crippen molar-refractivity contribution in [2.45, 2.75) is 64.9 Å². The van der Waals surface area contributed by atoms with Crippen LogP contribution < -0.4 is 0 Å². The van der Waals surface area contributed by atoms with E-state index in [9.17, 15) is 9.90 Å². The van der Waals surface area contributed by atoms with Crippen molar-refractivity contribution >= 4 is 5.78 Å². The Balaban J connectivity index is 1.68. The highest BCUT2D eigenvalue weighted by Crippen LogP contribution is 2.64. The van der Waals surface area contributed by atoms with Gasteiger partial charge in [-0.05, 0) is 67.6 Å². The maximum atomic E-state index is 12.4. The fourth-order valence-electron chi connectivity index (χ4n) is 6.56. The second kappa shape index (κ2) is 4.44. The third-order valence-corrected chi connectivity index (χ3v) is 7.88. The molecule has 3 fully saturated rings. The molecule has 0 aliphatic heterocycles. The first kappa shape index (κ1) is 14.0. The van der Waals surface area contributed by atoms with Gasteiger partial charge in [0.2, 0.25) is 0 Å². The fourth-order valence-corrected chi connectivity index (χ4v) is 6.56. The molecule has 4 rings (SSSR count). The van der Waals surface area contributed by atoms with Crippen LogP contribution in [0.1, 0.15) is 58.8 Å². The Morgan fingerprint density at radius 3 is 2.76 bits per heavy atom. The Labute approximate surface area is 128 Å². The van der Waals surface area contributed by atoms with E-state index in [2.05, 4.69) is 19.9 Å². The van der Waals surface area contributed by atoms with Crippen molar-refractivity contribution < 1.29 is 9.90 Å². The molecule has 1 N–H and O–H groups in total. The van der Waals surface area contributed by atoms with E-state index in [1.54, 1.807) is 0 Å². The second-order valence-electron chi connectivity index (χ2n) is 8.60. The molecule has 21 heavy (non-hydrogen) atoms. The summed E-state index contributed by atoms with van der Waals surface area (Å²) >= 11 is 0. The zero-order chi connectivity index (χ0) is 14.8. The maximum Gasteiger partial charge on any atom is 0.139 e. The minimum absolute atomic E-state index is 0.0116. The molecule has 0 heterocycles. The lowest BCUT2D eigenvalue weighted by Gasteiger charge is -2.58. The molecule has 0 aromatic rings. The highest BCUT2D eigenvalue weighted by molar-refractivity contribution is 5.87. The molecule has 0 saturated heterocycles. The summed E-state index contributed by atoms with van der Waals surface area (Å²) in [4.78, 5) is 12.4. The third kappa shape index (κ3) is 1.78. The second-order valence-corrected chi connectivity index (χ2v) is 8.60.